The van der Waals surface area contributed by atoms with Crippen molar-refractivity contribution < 1.29 is 14.6 Å². The molecule has 1 unspecified atom stereocenters. The molecule has 0 fully saturated rings. The van der Waals surface area contributed by atoms with E-state index in [-0.39, 0.29) is 36.4 Å². The normalized spacial score (nSPS) is 13.6. The van der Waals surface area contributed by atoms with E-state index in [0.717, 1.165) is 4.88 Å². The predicted molar refractivity (Wildman–Crippen MR) is 108 cm³/mol. The maximum atomic E-state index is 11.6. The third kappa shape index (κ3) is 8.81. The Morgan fingerprint density at radius 1 is 1.42 bits per heavy atom. The van der Waals surface area contributed by atoms with Crippen LogP contribution in [0.5, 0.6) is 0 Å². The summed E-state index contributed by atoms with van der Waals surface area (Å²) in [6.45, 7) is 5.59. The zero-order chi connectivity index (χ0) is 17.1. The van der Waals surface area contributed by atoms with E-state index in [9.17, 15) is 9.90 Å². The van der Waals surface area contributed by atoms with E-state index in [1.807, 2.05) is 24.4 Å². The first-order valence-corrected chi connectivity index (χ1v) is 8.41. The fourth-order valence-corrected chi connectivity index (χ4v) is 2.56. The molecule has 4 N–H and O–H groups in total. The smallest absolute Gasteiger partial charge is 0.241 e. The number of nitrogens with one attached hydrogen (secondary N) is 3. The van der Waals surface area contributed by atoms with Crippen LogP contribution in [0.1, 0.15) is 18.7 Å². The van der Waals surface area contributed by atoms with Gasteiger partial charge in [0, 0.05) is 25.1 Å². The van der Waals surface area contributed by atoms with Crippen LogP contribution >= 0.6 is 35.3 Å². The number of halogens is 1. The molecule has 0 bridgehead atoms. The second-order valence-corrected chi connectivity index (χ2v) is 6.09. The van der Waals surface area contributed by atoms with Crippen LogP contribution in [-0.2, 0) is 15.1 Å². The monoisotopic (exact) mass is 470 g/mol. The molecular formula is C15H27IN4O3S. The van der Waals surface area contributed by atoms with Gasteiger partial charge in [0.1, 0.15) is 12.1 Å². The third-order valence-corrected chi connectivity index (χ3v) is 4.13. The van der Waals surface area contributed by atoms with Gasteiger partial charge in [-0.2, -0.15) is 0 Å². The molecule has 9 heteroatoms. The fourth-order valence-electron chi connectivity index (χ4n) is 1.77. The van der Waals surface area contributed by atoms with E-state index in [1.165, 1.54) is 11.3 Å². The molecule has 7 nitrogen and oxygen atoms in total. The van der Waals surface area contributed by atoms with Gasteiger partial charge >= 0.3 is 0 Å². The molecule has 24 heavy (non-hydrogen) atoms. The Balaban J connectivity index is 0.00000529. The lowest BCUT2D eigenvalue weighted by molar-refractivity contribution is -0.119. The molecule has 1 aromatic rings. The van der Waals surface area contributed by atoms with Gasteiger partial charge < -0.3 is 25.8 Å². The Bertz CT molecular complexity index is 495. The van der Waals surface area contributed by atoms with Crippen LogP contribution in [0, 0.1) is 0 Å². The summed E-state index contributed by atoms with van der Waals surface area (Å²) in [5.74, 6) is 0.315. The highest BCUT2D eigenvalue weighted by atomic mass is 127. The van der Waals surface area contributed by atoms with E-state index < -0.39 is 5.60 Å². The highest BCUT2D eigenvalue weighted by molar-refractivity contribution is 14.0. The van der Waals surface area contributed by atoms with E-state index in [1.54, 1.807) is 14.0 Å². The zero-order valence-corrected chi connectivity index (χ0v) is 17.4. The van der Waals surface area contributed by atoms with Crippen molar-refractivity contribution in [3.63, 3.8) is 0 Å². The SMILES string of the molecule is CCNC(=NCC(=O)NCCOC)NCC(C)(O)c1cccs1.I. The minimum atomic E-state index is -0.995. The first-order chi connectivity index (χ1) is 11.0. The van der Waals surface area contributed by atoms with Crippen LogP contribution in [0.15, 0.2) is 22.5 Å². The van der Waals surface area contributed by atoms with E-state index in [2.05, 4.69) is 20.9 Å². The lowest BCUT2D eigenvalue weighted by Gasteiger charge is -2.23. The molecule has 0 saturated heterocycles. The second kappa shape index (κ2) is 12.5. The average molecular weight is 470 g/mol. The Labute approximate surface area is 164 Å². The quantitative estimate of drug-likeness (QED) is 0.186. The van der Waals surface area contributed by atoms with E-state index in [0.29, 0.717) is 32.2 Å². The van der Waals surface area contributed by atoms with Crippen LogP contribution in [0.25, 0.3) is 0 Å². The zero-order valence-electron chi connectivity index (χ0n) is 14.3. The summed E-state index contributed by atoms with van der Waals surface area (Å²) in [4.78, 5) is 16.7. The number of aliphatic imine (C=N–C) groups is 1. The fraction of sp³-hybridized carbons (Fsp3) is 0.600. The van der Waals surface area contributed by atoms with Gasteiger partial charge in [-0.3, -0.25) is 4.79 Å². The molecule has 0 aliphatic heterocycles. The van der Waals surface area contributed by atoms with Gasteiger partial charge in [0.05, 0.1) is 13.2 Å². The Morgan fingerprint density at radius 3 is 2.75 bits per heavy atom. The molecule has 1 rings (SSSR count). The number of nitrogens with zero attached hydrogens (tertiary/aromatic N) is 1. The standard InChI is InChI=1S/C15H26N4O3S.HI/c1-4-16-14(18-10-13(20)17-7-8-22-3)19-11-15(2,21)12-6-5-9-23-12;/h5-6,9,21H,4,7-8,10-11H2,1-3H3,(H,17,20)(H2,16,18,19);1H. The van der Waals surface area contributed by atoms with Crippen LogP contribution in [0.2, 0.25) is 0 Å². The van der Waals surface area contributed by atoms with Gasteiger partial charge in [0.15, 0.2) is 5.96 Å². The Hall–Kier alpha value is -0.910. The number of rotatable bonds is 9. The minimum Gasteiger partial charge on any atom is -0.383 e. The highest BCUT2D eigenvalue weighted by Gasteiger charge is 2.24. The maximum absolute atomic E-state index is 11.6. The number of guanidine groups is 1. The minimum absolute atomic E-state index is 0. The van der Waals surface area contributed by atoms with Crippen LogP contribution in [-0.4, -0.2) is 56.9 Å². The van der Waals surface area contributed by atoms with Crippen molar-refractivity contribution in [1.82, 2.24) is 16.0 Å². The first-order valence-electron chi connectivity index (χ1n) is 7.53. The van der Waals surface area contributed by atoms with Crippen molar-refractivity contribution >= 4 is 47.2 Å². The molecule has 0 radical (unpaired) electrons. The molecule has 1 heterocycles. The summed E-state index contributed by atoms with van der Waals surface area (Å²) in [6, 6.07) is 3.79. The predicted octanol–water partition coefficient (Wildman–Crippen LogP) is 0.891. The number of aliphatic hydroxyl groups is 1. The summed E-state index contributed by atoms with van der Waals surface area (Å²) >= 11 is 1.50. The number of carbonyl (C=O) groups excluding carboxylic acids is 1. The molecule has 0 aromatic carbocycles. The second-order valence-electron chi connectivity index (χ2n) is 5.14. The average Bonchev–Trinajstić information content (AvgIpc) is 3.05. The van der Waals surface area contributed by atoms with Crippen molar-refractivity contribution in [1.29, 1.82) is 0 Å². The number of thiophene rings is 1. The van der Waals surface area contributed by atoms with Crippen molar-refractivity contribution in [3.8, 4) is 0 Å². The number of ether oxygens (including phenoxy) is 1. The van der Waals surface area contributed by atoms with Gasteiger partial charge in [0.25, 0.3) is 0 Å². The lowest BCUT2D eigenvalue weighted by Crippen LogP contribution is -2.44. The van der Waals surface area contributed by atoms with Crippen molar-refractivity contribution in [2.24, 2.45) is 4.99 Å². The number of hydrogen-bond donors (Lipinski definition) is 4. The summed E-state index contributed by atoms with van der Waals surface area (Å²) in [5.41, 5.74) is -0.995. The summed E-state index contributed by atoms with van der Waals surface area (Å²) in [5, 5.41) is 21.2. The Morgan fingerprint density at radius 2 is 2.17 bits per heavy atom. The molecule has 1 aromatic heterocycles. The van der Waals surface area contributed by atoms with Gasteiger partial charge in [-0.1, -0.05) is 6.07 Å². The largest absolute Gasteiger partial charge is 0.383 e. The molecule has 1 atom stereocenters. The number of amides is 1. The van der Waals surface area contributed by atoms with Crippen LogP contribution in [0.4, 0.5) is 0 Å². The summed E-state index contributed by atoms with van der Waals surface area (Å²) in [6.07, 6.45) is 0. The van der Waals surface area contributed by atoms with Crippen molar-refractivity contribution in [2.45, 2.75) is 19.4 Å². The topological polar surface area (TPSA) is 95.0 Å². The number of carbonyl (C=O) groups is 1. The molecule has 0 aliphatic carbocycles. The molecule has 0 aliphatic rings. The van der Waals surface area contributed by atoms with E-state index in [4.69, 9.17) is 4.74 Å². The molecule has 0 saturated carbocycles. The molecule has 1 amide bonds. The molecule has 138 valence electrons. The summed E-state index contributed by atoms with van der Waals surface area (Å²) in [7, 11) is 1.58. The van der Waals surface area contributed by atoms with Crippen molar-refractivity contribution in [3.05, 3.63) is 22.4 Å². The van der Waals surface area contributed by atoms with Gasteiger partial charge in [-0.05, 0) is 25.3 Å². The van der Waals surface area contributed by atoms with Crippen LogP contribution in [0.3, 0.4) is 0 Å². The van der Waals surface area contributed by atoms with E-state index >= 15 is 0 Å². The van der Waals surface area contributed by atoms with Gasteiger partial charge in [0.2, 0.25) is 5.91 Å². The lowest BCUT2D eigenvalue weighted by atomic mass is 10.1. The number of methoxy groups -OCH3 is 1. The molecular weight excluding hydrogens is 443 g/mol. The third-order valence-electron chi connectivity index (χ3n) is 3.01. The van der Waals surface area contributed by atoms with Gasteiger partial charge in [-0.25, -0.2) is 4.99 Å². The summed E-state index contributed by atoms with van der Waals surface area (Å²) < 4.78 is 4.87. The van der Waals surface area contributed by atoms with Crippen molar-refractivity contribution in [2.75, 3.05) is 39.9 Å². The first kappa shape index (κ1) is 23.1. The van der Waals surface area contributed by atoms with Crippen LogP contribution < -0.4 is 16.0 Å². The highest BCUT2D eigenvalue weighted by Crippen LogP contribution is 2.24. The number of hydrogen-bond acceptors (Lipinski definition) is 5. The Kier molecular flexibility index (Phi) is 12.0. The van der Waals surface area contributed by atoms with Gasteiger partial charge in [-0.15, -0.1) is 35.3 Å². The molecule has 0 spiro atoms. The maximum Gasteiger partial charge on any atom is 0.241 e.